The van der Waals surface area contributed by atoms with Crippen molar-refractivity contribution in [3.8, 4) is 0 Å². The van der Waals surface area contributed by atoms with E-state index in [1.165, 1.54) is 38.6 Å². The number of carbonyl (C=O) groups excluding carboxylic acids is 1. The van der Waals surface area contributed by atoms with E-state index < -0.39 is 0 Å². The summed E-state index contributed by atoms with van der Waals surface area (Å²) in [6.45, 7) is 9.46. The van der Waals surface area contributed by atoms with Gasteiger partial charge in [-0.1, -0.05) is 32.3 Å². The Morgan fingerprint density at radius 3 is 3.05 bits per heavy atom. The zero-order valence-electron chi connectivity index (χ0n) is 12.5. The molecule has 2 atom stereocenters. The maximum absolute atomic E-state index is 11.9. The number of hydrogen-bond acceptors (Lipinski definition) is 2. The third-order valence-electron chi connectivity index (χ3n) is 5.26. The van der Waals surface area contributed by atoms with Gasteiger partial charge in [-0.2, -0.15) is 0 Å². The highest BCUT2D eigenvalue weighted by molar-refractivity contribution is 5.80. The van der Waals surface area contributed by atoms with Crippen molar-refractivity contribution in [3.05, 3.63) is 12.7 Å². The minimum atomic E-state index is 0.349. The lowest BCUT2D eigenvalue weighted by Gasteiger charge is -2.50. The van der Waals surface area contributed by atoms with Crippen molar-refractivity contribution >= 4 is 5.78 Å². The van der Waals surface area contributed by atoms with E-state index in [1.807, 2.05) is 6.08 Å². The summed E-state index contributed by atoms with van der Waals surface area (Å²) in [7, 11) is 0. The Bertz CT molecular complexity index is 325. The fourth-order valence-electron chi connectivity index (χ4n) is 4.12. The molecule has 0 spiro atoms. The Morgan fingerprint density at radius 2 is 2.32 bits per heavy atom. The smallest absolute Gasteiger partial charge is 0.133 e. The van der Waals surface area contributed by atoms with Crippen LogP contribution in [0.5, 0.6) is 0 Å². The number of Topliss-reactive ketones (excluding diaryl/α,β-unsaturated/α-hetero) is 1. The second-order valence-electron chi connectivity index (χ2n) is 6.57. The first-order valence-electron chi connectivity index (χ1n) is 8.05. The first-order chi connectivity index (χ1) is 9.20. The van der Waals surface area contributed by atoms with Gasteiger partial charge in [0.1, 0.15) is 5.78 Å². The third kappa shape index (κ3) is 3.47. The summed E-state index contributed by atoms with van der Waals surface area (Å²) in [5.74, 6) is 1.26. The second kappa shape index (κ2) is 6.69. The number of carbonyl (C=O) groups is 1. The van der Waals surface area contributed by atoms with Crippen molar-refractivity contribution in [2.75, 3.05) is 19.6 Å². The van der Waals surface area contributed by atoms with Crippen LogP contribution in [0.4, 0.5) is 0 Å². The molecule has 0 N–H and O–H groups in total. The topological polar surface area (TPSA) is 20.3 Å². The van der Waals surface area contributed by atoms with Crippen molar-refractivity contribution in [1.82, 2.24) is 4.90 Å². The second-order valence-corrected chi connectivity index (χ2v) is 6.57. The van der Waals surface area contributed by atoms with Crippen LogP contribution >= 0.6 is 0 Å². The van der Waals surface area contributed by atoms with Crippen molar-refractivity contribution in [2.24, 2.45) is 11.3 Å². The molecule has 1 aliphatic heterocycles. The number of fused-ring (bicyclic) bond motifs is 1. The average molecular weight is 263 g/mol. The lowest BCUT2D eigenvalue weighted by Crippen LogP contribution is -2.50. The summed E-state index contributed by atoms with van der Waals surface area (Å²) < 4.78 is 0. The normalized spacial score (nSPS) is 32.1. The van der Waals surface area contributed by atoms with E-state index in [-0.39, 0.29) is 0 Å². The fourth-order valence-corrected chi connectivity index (χ4v) is 4.12. The zero-order valence-corrected chi connectivity index (χ0v) is 12.5. The molecule has 2 aliphatic rings. The SMILES string of the molecule is C=CCN1CC[C@@]2(CCCCC)CC(=O)CC[C@@H]2C1. The molecule has 1 heterocycles. The maximum atomic E-state index is 11.9. The molecular formula is C17H29NO. The monoisotopic (exact) mass is 263 g/mol. The van der Waals surface area contributed by atoms with Crippen molar-refractivity contribution in [1.29, 1.82) is 0 Å². The van der Waals surface area contributed by atoms with Gasteiger partial charge in [0.15, 0.2) is 0 Å². The van der Waals surface area contributed by atoms with Crippen LogP contribution < -0.4 is 0 Å². The van der Waals surface area contributed by atoms with Crippen molar-refractivity contribution in [2.45, 2.75) is 58.3 Å². The molecule has 0 radical (unpaired) electrons. The molecule has 2 heteroatoms. The molecule has 0 aromatic rings. The molecule has 1 aliphatic carbocycles. The summed E-state index contributed by atoms with van der Waals surface area (Å²) in [5.41, 5.74) is 0.349. The molecule has 2 rings (SSSR count). The molecule has 2 nitrogen and oxygen atoms in total. The maximum Gasteiger partial charge on any atom is 0.133 e. The summed E-state index contributed by atoms with van der Waals surface area (Å²) in [6.07, 6.45) is 11.2. The zero-order chi connectivity index (χ0) is 13.7. The molecule has 1 saturated carbocycles. The minimum Gasteiger partial charge on any atom is -0.300 e. The predicted molar refractivity (Wildman–Crippen MR) is 80.2 cm³/mol. The van der Waals surface area contributed by atoms with Crippen molar-refractivity contribution in [3.63, 3.8) is 0 Å². The lowest BCUT2D eigenvalue weighted by atomic mass is 9.60. The standard InChI is InChI=1S/C17H29NO/c1-3-5-6-9-17-10-12-18(11-4-2)14-15(17)7-8-16(19)13-17/h4,15H,2-3,5-14H2,1H3/t15-,17+/m1/s1. The molecule has 0 bridgehead atoms. The first-order valence-corrected chi connectivity index (χ1v) is 8.05. The molecule has 2 fully saturated rings. The number of rotatable bonds is 6. The Hall–Kier alpha value is -0.630. The molecular weight excluding hydrogens is 234 g/mol. The highest BCUT2D eigenvalue weighted by Gasteiger charge is 2.45. The summed E-state index contributed by atoms with van der Waals surface area (Å²) >= 11 is 0. The van der Waals surface area contributed by atoms with E-state index in [4.69, 9.17) is 0 Å². The van der Waals surface area contributed by atoms with E-state index in [1.54, 1.807) is 0 Å². The van der Waals surface area contributed by atoms with Crippen LogP contribution in [-0.2, 0) is 4.79 Å². The minimum absolute atomic E-state index is 0.349. The molecule has 19 heavy (non-hydrogen) atoms. The van der Waals surface area contributed by atoms with Gasteiger partial charge in [-0.25, -0.2) is 0 Å². The first kappa shape index (κ1) is 14.8. The molecule has 0 aromatic heterocycles. The van der Waals surface area contributed by atoms with Crippen LogP contribution in [-0.4, -0.2) is 30.3 Å². The Balaban J connectivity index is 2.02. The molecule has 108 valence electrons. The number of unbranched alkanes of at least 4 members (excludes halogenated alkanes) is 2. The van der Waals surface area contributed by atoms with E-state index in [0.717, 1.165) is 38.3 Å². The van der Waals surface area contributed by atoms with Gasteiger partial charge in [-0.3, -0.25) is 9.69 Å². The van der Waals surface area contributed by atoms with E-state index in [0.29, 0.717) is 11.2 Å². The van der Waals surface area contributed by atoms with Gasteiger partial charge in [0.2, 0.25) is 0 Å². The third-order valence-corrected chi connectivity index (χ3v) is 5.26. The average Bonchev–Trinajstić information content (AvgIpc) is 2.40. The summed E-state index contributed by atoms with van der Waals surface area (Å²) in [4.78, 5) is 14.5. The number of likely N-dealkylation sites (tertiary alicyclic amines) is 1. The Morgan fingerprint density at radius 1 is 1.47 bits per heavy atom. The summed E-state index contributed by atoms with van der Waals surface area (Å²) in [5, 5.41) is 0. The Kier molecular flexibility index (Phi) is 5.20. The summed E-state index contributed by atoms with van der Waals surface area (Å²) in [6, 6.07) is 0. The van der Waals surface area contributed by atoms with E-state index in [9.17, 15) is 4.79 Å². The predicted octanol–water partition coefficient (Wildman–Crippen LogP) is 3.81. The number of piperidine rings is 1. The number of nitrogens with zero attached hydrogens (tertiary/aromatic N) is 1. The molecule has 0 amide bonds. The van der Waals surface area contributed by atoms with Gasteiger partial charge in [-0.05, 0) is 37.1 Å². The lowest BCUT2D eigenvalue weighted by molar-refractivity contribution is -0.129. The van der Waals surface area contributed by atoms with Gasteiger partial charge < -0.3 is 0 Å². The van der Waals surface area contributed by atoms with E-state index >= 15 is 0 Å². The van der Waals surface area contributed by atoms with E-state index in [2.05, 4.69) is 18.4 Å². The van der Waals surface area contributed by atoms with Gasteiger partial charge in [0, 0.05) is 25.9 Å². The highest BCUT2D eigenvalue weighted by atomic mass is 16.1. The number of ketones is 1. The molecule has 0 aromatic carbocycles. The largest absolute Gasteiger partial charge is 0.300 e. The van der Waals surface area contributed by atoms with Gasteiger partial charge >= 0.3 is 0 Å². The van der Waals surface area contributed by atoms with Gasteiger partial charge in [0.05, 0.1) is 0 Å². The molecule has 0 unspecified atom stereocenters. The van der Waals surface area contributed by atoms with Crippen molar-refractivity contribution < 1.29 is 4.79 Å². The quantitative estimate of drug-likeness (QED) is 0.536. The van der Waals surface area contributed by atoms with Crippen LogP contribution in [0.1, 0.15) is 58.3 Å². The van der Waals surface area contributed by atoms with Crippen LogP contribution in [0.3, 0.4) is 0 Å². The van der Waals surface area contributed by atoms with Crippen LogP contribution in [0, 0.1) is 11.3 Å². The van der Waals surface area contributed by atoms with Gasteiger partial charge in [0.25, 0.3) is 0 Å². The highest BCUT2D eigenvalue weighted by Crippen LogP contribution is 2.49. The fraction of sp³-hybridized carbons (Fsp3) is 0.824. The van der Waals surface area contributed by atoms with Crippen LogP contribution in [0.25, 0.3) is 0 Å². The van der Waals surface area contributed by atoms with Gasteiger partial charge in [-0.15, -0.1) is 6.58 Å². The van der Waals surface area contributed by atoms with Crippen LogP contribution in [0.15, 0.2) is 12.7 Å². The number of hydrogen-bond donors (Lipinski definition) is 0. The molecule has 1 saturated heterocycles. The van der Waals surface area contributed by atoms with Crippen LogP contribution in [0.2, 0.25) is 0 Å². The Labute approximate surface area is 118 Å².